The minimum absolute atomic E-state index is 0.490. The molecule has 0 saturated carbocycles. The van der Waals surface area contributed by atoms with Gasteiger partial charge >= 0.3 is 0 Å². The highest BCUT2D eigenvalue weighted by atomic mass is 35.5. The van der Waals surface area contributed by atoms with Gasteiger partial charge in [-0.25, -0.2) is 9.67 Å². The summed E-state index contributed by atoms with van der Waals surface area (Å²) in [5.41, 5.74) is 6.11. The summed E-state index contributed by atoms with van der Waals surface area (Å²) in [4.78, 5) is 11.5. The molecule has 0 radical (unpaired) electrons. The van der Waals surface area contributed by atoms with Crippen LogP contribution in [0.25, 0.3) is 39.0 Å². The molecule has 46 heavy (non-hydrogen) atoms. The van der Waals surface area contributed by atoms with Crippen molar-refractivity contribution < 1.29 is 19.3 Å². The molecule has 0 aliphatic carbocycles. The average molecular weight is 639 g/mol. The third-order valence-corrected chi connectivity index (χ3v) is 8.92. The first-order valence-corrected chi connectivity index (χ1v) is 15.5. The fourth-order valence-electron chi connectivity index (χ4n) is 6.43. The van der Waals surface area contributed by atoms with Crippen LogP contribution in [0.3, 0.4) is 0 Å². The quantitative estimate of drug-likeness (QED) is 0.223. The summed E-state index contributed by atoms with van der Waals surface area (Å²) in [5.74, 6) is 2.67. The number of hydrogen-bond acceptors (Lipinski definition) is 9. The van der Waals surface area contributed by atoms with Crippen molar-refractivity contribution in [1.29, 1.82) is 0 Å². The minimum atomic E-state index is -0.662. The van der Waals surface area contributed by atoms with Gasteiger partial charge in [-0.15, -0.1) is 0 Å². The fourth-order valence-corrected chi connectivity index (χ4v) is 6.76. The molecule has 10 nitrogen and oxygen atoms in total. The van der Waals surface area contributed by atoms with E-state index in [1.54, 1.807) is 21.3 Å². The molecule has 2 aliphatic rings. The molecule has 2 aliphatic heterocycles. The number of halogens is 1. The zero-order chi connectivity index (χ0) is 32.0. The molecule has 0 atom stereocenters. The highest BCUT2D eigenvalue weighted by Crippen LogP contribution is 2.41. The first-order valence-electron chi connectivity index (χ1n) is 15.1. The highest BCUT2D eigenvalue weighted by molar-refractivity contribution is 6.36. The van der Waals surface area contributed by atoms with Gasteiger partial charge in [0.15, 0.2) is 0 Å². The lowest BCUT2D eigenvalue weighted by Crippen LogP contribution is -2.59. The van der Waals surface area contributed by atoms with Crippen LogP contribution in [0, 0.1) is 0 Å². The SMILES string of the molecule is COc1cc(-n2ncc3c(-c4cccc(-c5ccc(C6=NCCN6)c(OC)n5)c4Cl)cccc32)cc(OC)c1CN1CC(C)(O)C1. The molecule has 5 aromatic rings. The second kappa shape index (κ2) is 11.9. The predicted molar refractivity (Wildman–Crippen MR) is 180 cm³/mol. The lowest BCUT2D eigenvalue weighted by Gasteiger charge is -2.44. The van der Waals surface area contributed by atoms with Gasteiger partial charge in [0.05, 0.1) is 72.7 Å². The fraction of sp³-hybridized carbons (Fsp3) is 0.286. The summed E-state index contributed by atoms with van der Waals surface area (Å²) in [6.45, 7) is 5.17. The Morgan fingerprint density at radius 2 is 1.63 bits per heavy atom. The van der Waals surface area contributed by atoms with Crippen LogP contribution >= 0.6 is 11.6 Å². The van der Waals surface area contributed by atoms with Crippen LogP contribution < -0.4 is 19.5 Å². The Hall–Kier alpha value is -4.64. The third kappa shape index (κ3) is 5.32. The molecule has 236 valence electrons. The van der Waals surface area contributed by atoms with E-state index < -0.39 is 5.60 Å². The molecule has 0 spiro atoms. The topological polar surface area (TPSA) is 106 Å². The largest absolute Gasteiger partial charge is 0.496 e. The summed E-state index contributed by atoms with van der Waals surface area (Å²) in [7, 11) is 4.92. The van der Waals surface area contributed by atoms with Crippen LogP contribution in [-0.4, -0.2) is 83.7 Å². The molecule has 0 amide bonds. The number of likely N-dealkylation sites (tertiary alicyclic amines) is 1. The number of hydrogen-bond donors (Lipinski definition) is 2. The summed E-state index contributed by atoms with van der Waals surface area (Å²) >= 11 is 7.14. The summed E-state index contributed by atoms with van der Waals surface area (Å²) < 4.78 is 19.2. The summed E-state index contributed by atoms with van der Waals surface area (Å²) in [6, 6.07) is 19.9. The number of rotatable bonds is 9. The van der Waals surface area contributed by atoms with Crippen molar-refractivity contribution in [3.05, 3.63) is 83.0 Å². The maximum Gasteiger partial charge on any atom is 0.224 e. The number of aliphatic imine (C=N–C) groups is 1. The molecule has 0 unspecified atom stereocenters. The van der Waals surface area contributed by atoms with Crippen molar-refractivity contribution in [1.82, 2.24) is 25.0 Å². The van der Waals surface area contributed by atoms with Gasteiger partial charge in [0, 0.05) is 54.8 Å². The number of aliphatic hydroxyl groups is 1. The van der Waals surface area contributed by atoms with Gasteiger partial charge < -0.3 is 24.6 Å². The monoisotopic (exact) mass is 638 g/mol. The zero-order valence-corrected chi connectivity index (χ0v) is 26.9. The van der Waals surface area contributed by atoms with Crippen molar-refractivity contribution in [3.8, 4) is 45.5 Å². The van der Waals surface area contributed by atoms with E-state index in [-0.39, 0.29) is 0 Å². The van der Waals surface area contributed by atoms with Gasteiger partial charge in [0.25, 0.3) is 0 Å². The molecule has 2 N–H and O–H groups in total. The van der Waals surface area contributed by atoms with E-state index in [1.807, 2.05) is 78.5 Å². The van der Waals surface area contributed by atoms with E-state index in [9.17, 15) is 5.11 Å². The van der Waals surface area contributed by atoms with E-state index >= 15 is 0 Å². The van der Waals surface area contributed by atoms with Crippen LogP contribution in [0.1, 0.15) is 18.1 Å². The first kappa shape index (κ1) is 30.0. The van der Waals surface area contributed by atoms with Crippen molar-refractivity contribution in [3.63, 3.8) is 0 Å². The van der Waals surface area contributed by atoms with Crippen LogP contribution in [-0.2, 0) is 6.54 Å². The Bertz CT molecular complexity index is 1950. The normalized spacial score (nSPS) is 15.7. The molecule has 11 heteroatoms. The Morgan fingerprint density at radius 3 is 2.30 bits per heavy atom. The van der Waals surface area contributed by atoms with Gasteiger partial charge in [0.1, 0.15) is 17.3 Å². The van der Waals surface area contributed by atoms with Crippen molar-refractivity contribution in [2.24, 2.45) is 4.99 Å². The van der Waals surface area contributed by atoms with Gasteiger partial charge in [-0.3, -0.25) is 9.89 Å². The zero-order valence-electron chi connectivity index (χ0n) is 26.2. The number of amidine groups is 1. The maximum atomic E-state index is 10.2. The van der Waals surface area contributed by atoms with Crippen molar-refractivity contribution in [2.45, 2.75) is 19.1 Å². The van der Waals surface area contributed by atoms with E-state index in [0.717, 1.165) is 63.3 Å². The number of fused-ring (bicyclic) bond motifs is 1. The van der Waals surface area contributed by atoms with E-state index in [0.29, 0.717) is 47.7 Å². The average Bonchev–Trinajstić information content (AvgIpc) is 3.75. The van der Waals surface area contributed by atoms with Crippen LogP contribution in [0.5, 0.6) is 17.4 Å². The van der Waals surface area contributed by atoms with E-state index in [2.05, 4.69) is 15.2 Å². The molecule has 2 aromatic heterocycles. The Morgan fingerprint density at radius 1 is 0.913 bits per heavy atom. The Kier molecular flexibility index (Phi) is 7.80. The van der Waals surface area contributed by atoms with Gasteiger partial charge in [0.2, 0.25) is 5.88 Å². The second-order valence-corrected chi connectivity index (χ2v) is 12.2. The number of methoxy groups -OCH3 is 3. The number of nitrogens with zero attached hydrogens (tertiary/aromatic N) is 5. The van der Waals surface area contributed by atoms with Gasteiger partial charge in [-0.05, 0) is 30.7 Å². The van der Waals surface area contributed by atoms with Gasteiger partial charge in [-0.2, -0.15) is 5.10 Å². The molecule has 1 saturated heterocycles. The number of β-amino-alcohol motifs (C(OH)–C–C–N with tert-alkyl or cyclic N) is 1. The number of nitrogens with one attached hydrogen (secondary N) is 1. The van der Waals surface area contributed by atoms with Gasteiger partial charge in [-0.1, -0.05) is 41.9 Å². The van der Waals surface area contributed by atoms with Crippen LogP contribution in [0.2, 0.25) is 5.02 Å². The van der Waals surface area contributed by atoms with Crippen LogP contribution in [0.4, 0.5) is 0 Å². The lowest BCUT2D eigenvalue weighted by atomic mass is 9.96. The molecule has 0 bridgehead atoms. The van der Waals surface area contributed by atoms with Crippen molar-refractivity contribution >= 4 is 28.3 Å². The second-order valence-electron chi connectivity index (χ2n) is 11.8. The molecular weight excluding hydrogens is 604 g/mol. The van der Waals surface area contributed by atoms with E-state index in [4.69, 9.17) is 35.9 Å². The molecule has 4 heterocycles. The molecule has 7 rings (SSSR count). The smallest absolute Gasteiger partial charge is 0.224 e. The molecule has 3 aromatic carbocycles. The lowest BCUT2D eigenvalue weighted by molar-refractivity contribution is -0.0875. The standard InChI is InChI=1S/C35H35ClN6O4/c1-35(43)19-41(20-35)18-27-30(44-2)15-21(16-31(27)45-3)42-29-10-6-7-22(26(29)17-39-42)23-8-5-9-24(32(23)36)28-12-11-25(34(40-28)46-4)33-37-13-14-38-33/h5-12,15-17,43H,13-14,18-20H2,1-4H3,(H,37,38). The number of benzene rings is 3. The molecule has 1 fully saturated rings. The number of pyridine rings is 1. The first-order chi connectivity index (χ1) is 22.3. The predicted octanol–water partition coefficient (Wildman–Crippen LogP) is 5.35. The third-order valence-electron chi connectivity index (χ3n) is 8.51. The number of aromatic nitrogens is 3. The van der Waals surface area contributed by atoms with E-state index in [1.165, 1.54) is 0 Å². The van der Waals surface area contributed by atoms with Crippen LogP contribution in [0.15, 0.2) is 71.9 Å². The Labute approximate surface area is 272 Å². The highest BCUT2D eigenvalue weighted by Gasteiger charge is 2.37. The van der Waals surface area contributed by atoms with Crippen molar-refractivity contribution in [2.75, 3.05) is 47.5 Å². The summed E-state index contributed by atoms with van der Waals surface area (Å²) in [6.07, 6.45) is 1.86. The number of ether oxygens (including phenoxy) is 3. The minimum Gasteiger partial charge on any atom is -0.496 e. The summed E-state index contributed by atoms with van der Waals surface area (Å²) in [5, 5.41) is 19.8. The Balaban J connectivity index is 1.26. The maximum absolute atomic E-state index is 10.2. The molecular formula is C35H35ClN6O4.